The predicted octanol–water partition coefficient (Wildman–Crippen LogP) is 1.54. The van der Waals surface area contributed by atoms with Crippen LogP contribution in [0.1, 0.15) is 20.3 Å². The second-order valence-electron chi connectivity index (χ2n) is 6.18. The van der Waals surface area contributed by atoms with E-state index in [2.05, 4.69) is 0 Å². The highest BCUT2D eigenvalue weighted by atomic mass is 16.6. The topological polar surface area (TPSA) is 76.1 Å². The summed E-state index contributed by atoms with van der Waals surface area (Å²) in [7, 11) is 0. The zero-order chi connectivity index (χ0) is 15.9. The Kier molecular flexibility index (Phi) is 3.47. The smallest absolute Gasteiger partial charge is 0.311 e. The number of carboxylic acid groups (broad SMARTS) is 1. The molecule has 118 valence electrons. The number of para-hydroxylation sites is 2. The van der Waals surface area contributed by atoms with E-state index in [1.54, 1.807) is 30.9 Å². The van der Waals surface area contributed by atoms with Crippen molar-refractivity contribution in [3.8, 4) is 11.5 Å². The summed E-state index contributed by atoms with van der Waals surface area (Å²) in [6.07, 6.45) is -0.711. The molecule has 0 unspecified atom stereocenters. The Balaban J connectivity index is 1.75. The first-order valence-electron chi connectivity index (χ1n) is 7.35. The van der Waals surface area contributed by atoms with E-state index < -0.39 is 23.6 Å². The molecule has 1 saturated heterocycles. The van der Waals surface area contributed by atoms with E-state index in [0.29, 0.717) is 24.5 Å². The van der Waals surface area contributed by atoms with Gasteiger partial charge in [-0.2, -0.15) is 0 Å². The number of carbonyl (C=O) groups is 2. The van der Waals surface area contributed by atoms with Gasteiger partial charge in [-0.15, -0.1) is 0 Å². The van der Waals surface area contributed by atoms with Gasteiger partial charge >= 0.3 is 5.97 Å². The molecule has 1 N–H and O–H groups in total. The van der Waals surface area contributed by atoms with Crippen molar-refractivity contribution in [3.63, 3.8) is 0 Å². The van der Waals surface area contributed by atoms with Crippen molar-refractivity contribution in [3.05, 3.63) is 24.3 Å². The number of rotatable bonds is 2. The molecule has 22 heavy (non-hydrogen) atoms. The largest absolute Gasteiger partial charge is 0.482 e. The van der Waals surface area contributed by atoms with Crippen LogP contribution in [0, 0.1) is 5.41 Å². The van der Waals surface area contributed by atoms with Gasteiger partial charge < -0.3 is 19.5 Å². The van der Waals surface area contributed by atoms with Crippen molar-refractivity contribution in [2.45, 2.75) is 32.5 Å². The molecule has 2 aliphatic rings. The summed E-state index contributed by atoms with van der Waals surface area (Å²) < 4.78 is 11.5. The number of fused-ring (bicyclic) bond motifs is 1. The van der Waals surface area contributed by atoms with E-state index in [1.165, 1.54) is 0 Å². The fourth-order valence-electron chi connectivity index (χ4n) is 2.89. The molecule has 6 heteroatoms. The van der Waals surface area contributed by atoms with Crippen LogP contribution in [0.2, 0.25) is 0 Å². The van der Waals surface area contributed by atoms with E-state index in [1.807, 2.05) is 12.1 Å². The predicted molar refractivity (Wildman–Crippen MR) is 77.9 cm³/mol. The lowest BCUT2D eigenvalue weighted by molar-refractivity contribution is -0.148. The van der Waals surface area contributed by atoms with E-state index in [-0.39, 0.29) is 12.5 Å². The Labute approximate surface area is 128 Å². The van der Waals surface area contributed by atoms with Gasteiger partial charge in [0.25, 0.3) is 5.91 Å². The van der Waals surface area contributed by atoms with Crippen molar-refractivity contribution in [1.29, 1.82) is 0 Å². The highest BCUT2D eigenvalue weighted by molar-refractivity contribution is 5.84. The standard InChI is InChI=1S/C16H19NO5/c1-10-13(22-12-6-4-3-5-11(12)21-10)14(18)17-8-7-16(2,9-17)15(19)20/h3-6,10,13H,7-9H2,1-2H3,(H,19,20)/t10-,13-,16+/m0/s1. The van der Waals surface area contributed by atoms with Gasteiger partial charge in [0, 0.05) is 13.1 Å². The third-order valence-corrected chi connectivity index (χ3v) is 4.39. The maximum atomic E-state index is 12.7. The minimum absolute atomic E-state index is 0.204. The summed E-state index contributed by atoms with van der Waals surface area (Å²) in [5, 5.41) is 9.27. The lowest BCUT2D eigenvalue weighted by Crippen LogP contribution is -2.50. The van der Waals surface area contributed by atoms with E-state index in [4.69, 9.17) is 9.47 Å². The molecule has 0 bridgehead atoms. The fourth-order valence-corrected chi connectivity index (χ4v) is 2.89. The first-order chi connectivity index (χ1) is 10.4. The molecule has 2 aliphatic heterocycles. The molecule has 1 fully saturated rings. The van der Waals surface area contributed by atoms with Crippen molar-refractivity contribution in [2.24, 2.45) is 5.41 Å². The summed E-state index contributed by atoms with van der Waals surface area (Å²) in [4.78, 5) is 25.5. The molecule has 0 aromatic heterocycles. The molecule has 2 heterocycles. The van der Waals surface area contributed by atoms with Crippen molar-refractivity contribution < 1.29 is 24.2 Å². The highest BCUT2D eigenvalue weighted by Gasteiger charge is 2.45. The number of carboxylic acids is 1. The summed E-state index contributed by atoms with van der Waals surface area (Å²) in [5.74, 6) is 0.0731. The maximum absolute atomic E-state index is 12.7. The van der Waals surface area contributed by atoms with Gasteiger partial charge in [-0.05, 0) is 32.4 Å². The number of amides is 1. The van der Waals surface area contributed by atoms with Crippen LogP contribution in [-0.4, -0.2) is 47.2 Å². The second kappa shape index (κ2) is 5.19. The molecule has 0 saturated carbocycles. The van der Waals surface area contributed by atoms with E-state index in [9.17, 15) is 14.7 Å². The zero-order valence-electron chi connectivity index (χ0n) is 12.6. The van der Waals surface area contributed by atoms with Crippen LogP contribution >= 0.6 is 0 Å². The average Bonchev–Trinajstić information content (AvgIpc) is 2.90. The first kappa shape index (κ1) is 14.7. The lowest BCUT2D eigenvalue weighted by atomic mass is 9.90. The number of aliphatic carboxylic acids is 1. The Morgan fingerprint density at radius 3 is 2.50 bits per heavy atom. The van der Waals surface area contributed by atoms with E-state index >= 15 is 0 Å². The molecule has 0 aliphatic carbocycles. The quantitative estimate of drug-likeness (QED) is 0.897. The van der Waals surface area contributed by atoms with Crippen LogP contribution in [-0.2, 0) is 9.59 Å². The fraction of sp³-hybridized carbons (Fsp3) is 0.500. The second-order valence-corrected chi connectivity index (χ2v) is 6.18. The molecule has 1 aromatic rings. The number of hydrogen-bond acceptors (Lipinski definition) is 4. The Bertz CT molecular complexity index is 616. The molecule has 0 spiro atoms. The van der Waals surface area contributed by atoms with Crippen LogP contribution in [0.4, 0.5) is 0 Å². The number of ether oxygens (including phenoxy) is 2. The third-order valence-electron chi connectivity index (χ3n) is 4.39. The Morgan fingerprint density at radius 1 is 1.27 bits per heavy atom. The summed E-state index contributed by atoms with van der Waals surface area (Å²) in [5.41, 5.74) is -0.883. The molecule has 3 atom stereocenters. The van der Waals surface area contributed by atoms with Gasteiger partial charge in [0.2, 0.25) is 6.10 Å². The van der Waals surface area contributed by atoms with Crippen molar-refractivity contribution in [1.82, 2.24) is 4.90 Å². The maximum Gasteiger partial charge on any atom is 0.311 e. The first-order valence-corrected chi connectivity index (χ1v) is 7.35. The van der Waals surface area contributed by atoms with Crippen molar-refractivity contribution >= 4 is 11.9 Å². The van der Waals surface area contributed by atoms with E-state index in [0.717, 1.165) is 0 Å². The van der Waals surface area contributed by atoms with Gasteiger partial charge in [0.15, 0.2) is 11.5 Å². The molecule has 1 amide bonds. The van der Waals surface area contributed by atoms with Crippen LogP contribution in [0.3, 0.4) is 0 Å². The number of likely N-dealkylation sites (tertiary alicyclic amines) is 1. The minimum atomic E-state index is -0.883. The highest BCUT2D eigenvalue weighted by Crippen LogP contribution is 2.36. The van der Waals surface area contributed by atoms with Crippen LogP contribution < -0.4 is 9.47 Å². The third kappa shape index (κ3) is 2.38. The summed E-state index contributed by atoms with van der Waals surface area (Å²) in [6, 6.07) is 7.21. The Hall–Kier alpha value is -2.24. The van der Waals surface area contributed by atoms with Crippen molar-refractivity contribution in [2.75, 3.05) is 13.1 Å². The Morgan fingerprint density at radius 2 is 1.91 bits per heavy atom. The molecular weight excluding hydrogens is 286 g/mol. The monoisotopic (exact) mass is 305 g/mol. The lowest BCUT2D eigenvalue weighted by Gasteiger charge is -2.33. The summed E-state index contributed by atoms with van der Waals surface area (Å²) in [6.45, 7) is 4.08. The van der Waals surface area contributed by atoms with Gasteiger partial charge in [-0.25, -0.2) is 0 Å². The normalized spacial score (nSPS) is 30.2. The molecule has 3 rings (SSSR count). The molecule has 1 aromatic carbocycles. The summed E-state index contributed by atoms with van der Waals surface area (Å²) >= 11 is 0. The molecular formula is C16H19NO5. The van der Waals surface area contributed by atoms with Gasteiger partial charge in [-0.3, -0.25) is 9.59 Å². The number of benzene rings is 1. The zero-order valence-corrected chi connectivity index (χ0v) is 12.6. The van der Waals surface area contributed by atoms with Crippen LogP contribution in [0.5, 0.6) is 11.5 Å². The average molecular weight is 305 g/mol. The molecule has 0 radical (unpaired) electrons. The molecule has 6 nitrogen and oxygen atoms in total. The van der Waals surface area contributed by atoms with Gasteiger partial charge in [0.05, 0.1) is 5.41 Å². The number of carbonyl (C=O) groups excluding carboxylic acids is 1. The SMILES string of the molecule is C[C@@H]1Oc2ccccc2O[C@@H]1C(=O)N1CC[C@@](C)(C(=O)O)C1. The number of nitrogens with zero attached hydrogens (tertiary/aromatic N) is 1. The van der Waals surface area contributed by atoms with Gasteiger partial charge in [0.1, 0.15) is 6.10 Å². The van der Waals surface area contributed by atoms with Gasteiger partial charge in [-0.1, -0.05) is 12.1 Å². The van der Waals surface area contributed by atoms with Crippen LogP contribution in [0.25, 0.3) is 0 Å². The van der Waals surface area contributed by atoms with Crippen LogP contribution in [0.15, 0.2) is 24.3 Å². The number of hydrogen-bond donors (Lipinski definition) is 1. The minimum Gasteiger partial charge on any atom is -0.482 e.